The third kappa shape index (κ3) is 3.25. The highest BCUT2D eigenvalue weighted by molar-refractivity contribution is 7.89. The Morgan fingerprint density at radius 1 is 1.11 bits per heavy atom. The molecule has 1 aromatic carbocycles. The fraction of sp³-hybridized carbons (Fsp3) is 0.471. The van der Waals surface area contributed by atoms with Gasteiger partial charge < -0.3 is 14.6 Å². The summed E-state index contributed by atoms with van der Waals surface area (Å²) in [5.41, 5.74) is -1.09. The summed E-state index contributed by atoms with van der Waals surface area (Å²) in [5.74, 6) is -0.215. The second kappa shape index (κ2) is 7.15. The van der Waals surface area contributed by atoms with Gasteiger partial charge >= 0.3 is 5.69 Å². The number of rotatable bonds is 3. The summed E-state index contributed by atoms with van der Waals surface area (Å²) < 4.78 is 32.9. The van der Waals surface area contributed by atoms with Gasteiger partial charge in [-0.15, -0.1) is 0 Å². The first-order valence-corrected chi connectivity index (χ1v) is 10.5. The Morgan fingerprint density at radius 2 is 1.86 bits per heavy atom. The zero-order chi connectivity index (χ0) is 19.9. The van der Waals surface area contributed by atoms with Crippen molar-refractivity contribution in [2.45, 2.75) is 23.8 Å². The third-order valence-electron chi connectivity index (χ3n) is 5.13. The molecule has 4 rings (SSSR count). The Morgan fingerprint density at radius 3 is 2.61 bits per heavy atom. The van der Waals surface area contributed by atoms with Crippen LogP contribution in [0.15, 0.2) is 32.7 Å². The predicted octanol–water partition coefficient (Wildman–Crippen LogP) is -0.772. The summed E-state index contributed by atoms with van der Waals surface area (Å²) in [4.78, 5) is 42.4. The molecule has 11 heteroatoms. The highest BCUT2D eigenvalue weighted by Crippen LogP contribution is 2.28. The van der Waals surface area contributed by atoms with Crippen molar-refractivity contribution in [1.82, 2.24) is 19.2 Å². The van der Waals surface area contributed by atoms with Gasteiger partial charge in [0.05, 0.1) is 29.0 Å². The van der Waals surface area contributed by atoms with Crippen molar-refractivity contribution in [1.29, 1.82) is 0 Å². The molecule has 0 spiro atoms. The molecule has 150 valence electrons. The lowest BCUT2D eigenvalue weighted by molar-refractivity contribution is -0.138. The van der Waals surface area contributed by atoms with Crippen molar-refractivity contribution in [2.75, 3.05) is 32.8 Å². The van der Waals surface area contributed by atoms with E-state index in [4.69, 9.17) is 4.74 Å². The number of amides is 1. The van der Waals surface area contributed by atoms with Crippen LogP contribution in [0.3, 0.4) is 0 Å². The number of benzene rings is 1. The second-order valence-electron chi connectivity index (χ2n) is 6.83. The number of carbonyl (C=O) groups is 1. The Bertz CT molecular complexity index is 1130. The number of ether oxygens (including phenoxy) is 1. The molecule has 28 heavy (non-hydrogen) atoms. The molecule has 2 aliphatic rings. The zero-order valence-corrected chi connectivity index (χ0v) is 15.8. The molecule has 1 aromatic heterocycles. The van der Waals surface area contributed by atoms with Gasteiger partial charge in [-0.05, 0) is 31.0 Å². The standard InChI is InChI=1S/C17H20N4O6S/c22-15-12-10-11(3-4-13(12)18-17(24)19-15)28(25,26)21-5-1-2-14(21)16(23)20-6-8-27-9-7-20/h3-4,10,14H,1-2,5-9H2,(H2,18,19,22,24). The van der Waals surface area contributed by atoms with Crippen LogP contribution in [0.1, 0.15) is 12.8 Å². The van der Waals surface area contributed by atoms with Crippen molar-refractivity contribution in [3.8, 4) is 0 Å². The summed E-state index contributed by atoms with van der Waals surface area (Å²) >= 11 is 0. The lowest BCUT2D eigenvalue weighted by Crippen LogP contribution is -2.50. The minimum absolute atomic E-state index is 0.0657. The van der Waals surface area contributed by atoms with Crippen molar-refractivity contribution in [2.24, 2.45) is 0 Å². The van der Waals surface area contributed by atoms with Crippen LogP contribution in [0.25, 0.3) is 10.9 Å². The van der Waals surface area contributed by atoms with Gasteiger partial charge in [0.25, 0.3) is 5.56 Å². The average molecular weight is 408 g/mol. The number of hydrogen-bond acceptors (Lipinski definition) is 6. The van der Waals surface area contributed by atoms with Crippen LogP contribution in [0.5, 0.6) is 0 Å². The van der Waals surface area contributed by atoms with Crippen LogP contribution in [-0.4, -0.2) is 72.4 Å². The van der Waals surface area contributed by atoms with E-state index in [0.717, 1.165) is 0 Å². The lowest BCUT2D eigenvalue weighted by Gasteiger charge is -2.32. The summed E-state index contributed by atoms with van der Waals surface area (Å²) in [7, 11) is -3.98. The molecule has 0 bridgehead atoms. The van der Waals surface area contributed by atoms with Crippen LogP contribution in [0.4, 0.5) is 0 Å². The van der Waals surface area contributed by atoms with Crippen LogP contribution in [-0.2, 0) is 19.6 Å². The molecule has 2 aromatic rings. The SMILES string of the molecule is O=C(C1CCCN1S(=O)(=O)c1ccc2[nH]c(=O)[nH]c(=O)c2c1)N1CCOCC1. The Labute approximate surface area is 160 Å². The van der Waals surface area contributed by atoms with Crippen molar-refractivity contribution in [3.05, 3.63) is 39.0 Å². The number of morpholine rings is 1. The topological polar surface area (TPSA) is 133 Å². The minimum Gasteiger partial charge on any atom is -0.378 e. The van der Waals surface area contributed by atoms with Gasteiger partial charge in [0.1, 0.15) is 6.04 Å². The van der Waals surface area contributed by atoms with Gasteiger partial charge in [0, 0.05) is 19.6 Å². The smallest absolute Gasteiger partial charge is 0.326 e. The molecule has 0 saturated carbocycles. The van der Waals surface area contributed by atoms with Gasteiger partial charge in [0.15, 0.2) is 0 Å². The Kier molecular flexibility index (Phi) is 4.81. The zero-order valence-electron chi connectivity index (χ0n) is 15.0. The summed E-state index contributed by atoms with van der Waals surface area (Å²) in [5, 5.41) is 0.0657. The number of fused-ring (bicyclic) bond motifs is 1. The number of nitrogens with one attached hydrogen (secondary N) is 2. The fourth-order valence-electron chi connectivity index (χ4n) is 3.71. The predicted molar refractivity (Wildman–Crippen MR) is 99.5 cm³/mol. The van der Waals surface area contributed by atoms with E-state index >= 15 is 0 Å². The first kappa shape index (κ1) is 18.8. The molecule has 3 heterocycles. The first-order chi connectivity index (χ1) is 13.4. The van der Waals surface area contributed by atoms with E-state index in [1.165, 1.54) is 22.5 Å². The molecule has 10 nitrogen and oxygen atoms in total. The van der Waals surface area contributed by atoms with E-state index in [1.54, 1.807) is 4.90 Å². The van der Waals surface area contributed by atoms with Crippen molar-refractivity contribution >= 4 is 26.8 Å². The average Bonchev–Trinajstić information content (AvgIpc) is 3.18. The maximum atomic E-state index is 13.2. The highest BCUT2D eigenvalue weighted by Gasteiger charge is 2.41. The first-order valence-electron chi connectivity index (χ1n) is 9.03. The summed E-state index contributed by atoms with van der Waals surface area (Å²) in [6, 6.07) is 3.19. The van der Waals surface area contributed by atoms with Crippen molar-refractivity contribution in [3.63, 3.8) is 0 Å². The number of carbonyl (C=O) groups excluding carboxylic acids is 1. The van der Waals surface area contributed by atoms with E-state index in [1.807, 2.05) is 0 Å². The number of nitrogens with zero attached hydrogens (tertiary/aromatic N) is 2. The number of aromatic amines is 2. The molecule has 1 amide bonds. The van der Waals surface area contributed by atoms with Gasteiger partial charge in [-0.1, -0.05) is 0 Å². The third-order valence-corrected chi connectivity index (χ3v) is 7.03. The largest absolute Gasteiger partial charge is 0.378 e. The van der Waals surface area contributed by atoms with Gasteiger partial charge in [-0.3, -0.25) is 14.6 Å². The van der Waals surface area contributed by atoms with Crippen molar-refractivity contribution < 1.29 is 17.9 Å². The highest BCUT2D eigenvalue weighted by atomic mass is 32.2. The normalized spacial score (nSPS) is 21.3. The van der Waals surface area contributed by atoms with E-state index in [2.05, 4.69) is 9.97 Å². The van der Waals surface area contributed by atoms with Crippen LogP contribution >= 0.6 is 0 Å². The van der Waals surface area contributed by atoms with Gasteiger partial charge in [-0.2, -0.15) is 4.31 Å². The van der Waals surface area contributed by atoms with Gasteiger partial charge in [0.2, 0.25) is 15.9 Å². The molecule has 2 N–H and O–H groups in total. The maximum absolute atomic E-state index is 13.2. The number of sulfonamides is 1. The molecule has 0 aliphatic carbocycles. The van der Waals surface area contributed by atoms with Gasteiger partial charge in [-0.25, -0.2) is 13.2 Å². The summed E-state index contributed by atoms with van der Waals surface area (Å²) in [6.07, 6.45) is 1.04. The van der Waals surface area contributed by atoms with E-state index in [9.17, 15) is 22.8 Å². The molecule has 2 aliphatic heterocycles. The molecule has 1 atom stereocenters. The Balaban J connectivity index is 1.69. The molecule has 1 unspecified atom stereocenters. The monoisotopic (exact) mass is 408 g/mol. The summed E-state index contributed by atoms with van der Waals surface area (Å²) in [6.45, 7) is 2.01. The van der Waals surface area contributed by atoms with Crippen LogP contribution in [0.2, 0.25) is 0 Å². The quantitative estimate of drug-likeness (QED) is 0.685. The number of H-pyrrole nitrogens is 2. The second-order valence-corrected chi connectivity index (χ2v) is 8.72. The molecular formula is C17H20N4O6S. The Hall–Kier alpha value is -2.50. The van der Waals surface area contributed by atoms with E-state index in [0.29, 0.717) is 39.1 Å². The van der Waals surface area contributed by atoms with E-state index in [-0.39, 0.29) is 28.3 Å². The molecule has 0 radical (unpaired) electrons. The van der Waals surface area contributed by atoms with Crippen LogP contribution < -0.4 is 11.2 Å². The maximum Gasteiger partial charge on any atom is 0.326 e. The fourth-order valence-corrected chi connectivity index (χ4v) is 5.39. The van der Waals surface area contributed by atoms with E-state index < -0.39 is 27.3 Å². The number of aromatic nitrogens is 2. The molecular weight excluding hydrogens is 388 g/mol. The molecule has 2 fully saturated rings. The number of hydrogen-bond donors (Lipinski definition) is 2. The van der Waals surface area contributed by atoms with Crippen LogP contribution in [0, 0.1) is 0 Å². The molecule has 2 saturated heterocycles. The minimum atomic E-state index is -3.98. The lowest BCUT2D eigenvalue weighted by atomic mass is 10.2.